The van der Waals surface area contributed by atoms with Crippen LogP contribution in [0.4, 0.5) is 10.5 Å². The van der Waals surface area contributed by atoms with Crippen LogP contribution < -0.4 is 11.1 Å². The molecule has 146 valence electrons. The molecule has 0 atom stereocenters. The summed E-state index contributed by atoms with van der Waals surface area (Å²) in [6.07, 6.45) is 8.01. The van der Waals surface area contributed by atoms with E-state index >= 15 is 0 Å². The van der Waals surface area contributed by atoms with Crippen molar-refractivity contribution in [2.75, 3.05) is 31.5 Å². The van der Waals surface area contributed by atoms with Gasteiger partial charge in [0.25, 0.3) is 0 Å². The molecule has 0 saturated carbocycles. The van der Waals surface area contributed by atoms with Gasteiger partial charge in [0.1, 0.15) is 5.54 Å². The molecule has 0 spiro atoms. The lowest BCUT2D eigenvalue weighted by molar-refractivity contribution is -0.134. The number of fused-ring (bicyclic) bond motifs is 1. The number of carbonyl (C=O) groups is 2. The summed E-state index contributed by atoms with van der Waals surface area (Å²) in [5.74, 6) is -0.231. The molecule has 4 rings (SSSR count). The molecule has 1 aliphatic carbocycles. The van der Waals surface area contributed by atoms with Gasteiger partial charge in [0.2, 0.25) is 5.91 Å². The number of nitrogens with zero attached hydrogens (tertiary/aromatic N) is 2. The van der Waals surface area contributed by atoms with Crippen LogP contribution in [0, 0.1) is 0 Å². The summed E-state index contributed by atoms with van der Waals surface area (Å²) < 4.78 is 0. The Hall–Kier alpha value is -2.08. The first kappa shape index (κ1) is 18.3. The molecule has 0 radical (unpaired) electrons. The number of aryl methyl sites for hydroxylation is 1. The Morgan fingerprint density at radius 2 is 1.70 bits per heavy atom. The van der Waals surface area contributed by atoms with Crippen LogP contribution in [-0.4, -0.2) is 53.5 Å². The molecule has 2 fully saturated rings. The zero-order chi connectivity index (χ0) is 18.9. The SMILES string of the molecule is NC(=O)C1(N2CCCCC2)CCN(C(=O)Nc2cccc3c2CCC3)CC1. The van der Waals surface area contributed by atoms with Crippen molar-refractivity contribution in [3.63, 3.8) is 0 Å². The van der Waals surface area contributed by atoms with Crippen molar-refractivity contribution in [3.05, 3.63) is 29.3 Å². The fourth-order valence-corrected chi connectivity index (χ4v) is 5.05. The summed E-state index contributed by atoms with van der Waals surface area (Å²) in [6.45, 7) is 3.01. The lowest BCUT2D eigenvalue weighted by Gasteiger charge is -2.48. The molecule has 27 heavy (non-hydrogen) atoms. The van der Waals surface area contributed by atoms with Gasteiger partial charge in [-0.1, -0.05) is 18.6 Å². The van der Waals surface area contributed by atoms with Crippen LogP contribution >= 0.6 is 0 Å². The Kier molecular flexibility index (Phi) is 5.08. The van der Waals surface area contributed by atoms with Crippen LogP contribution in [0.2, 0.25) is 0 Å². The standard InChI is InChI=1S/C21H30N4O2/c22-19(26)21(25-12-2-1-3-13-25)10-14-24(15-11-21)20(27)23-18-9-5-7-16-6-4-8-17(16)18/h5,7,9H,1-4,6,8,10-15H2,(H2,22,26)(H,23,27). The highest BCUT2D eigenvalue weighted by atomic mass is 16.2. The molecule has 2 aliphatic heterocycles. The number of hydrogen-bond donors (Lipinski definition) is 2. The average molecular weight is 370 g/mol. The Balaban J connectivity index is 1.41. The Morgan fingerprint density at radius 1 is 0.963 bits per heavy atom. The van der Waals surface area contributed by atoms with Crippen LogP contribution in [0.3, 0.4) is 0 Å². The van der Waals surface area contributed by atoms with Crippen molar-refractivity contribution in [1.29, 1.82) is 0 Å². The lowest BCUT2D eigenvalue weighted by Crippen LogP contribution is -2.64. The summed E-state index contributed by atoms with van der Waals surface area (Å²) in [6, 6.07) is 6.10. The van der Waals surface area contributed by atoms with Gasteiger partial charge in [-0.15, -0.1) is 0 Å². The van der Waals surface area contributed by atoms with Gasteiger partial charge in [-0.05, 0) is 75.2 Å². The van der Waals surface area contributed by atoms with Crippen LogP contribution in [0.5, 0.6) is 0 Å². The third kappa shape index (κ3) is 3.43. The Labute approximate surface area is 161 Å². The molecular formula is C21H30N4O2. The zero-order valence-corrected chi connectivity index (χ0v) is 16.0. The number of carbonyl (C=O) groups excluding carboxylic acids is 2. The number of nitrogens with one attached hydrogen (secondary N) is 1. The van der Waals surface area contributed by atoms with E-state index in [-0.39, 0.29) is 11.9 Å². The third-order valence-electron chi connectivity index (χ3n) is 6.69. The van der Waals surface area contributed by atoms with Gasteiger partial charge >= 0.3 is 6.03 Å². The normalized spacial score (nSPS) is 22.3. The molecule has 1 aromatic rings. The number of nitrogens with two attached hydrogens (primary N) is 1. The predicted octanol–water partition coefficient (Wildman–Crippen LogP) is 2.51. The Morgan fingerprint density at radius 3 is 2.41 bits per heavy atom. The fourth-order valence-electron chi connectivity index (χ4n) is 5.05. The van der Waals surface area contributed by atoms with E-state index in [1.165, 1.54) is 17.5 Å². The fraction of sp³-hybridized carbons (Fsp3) is 0.619. The molecule has 2 saturated heterocycles. The second-order valence-electron chi connectivity index (χ2n) is 8.16. The molecule has 1 aromatic carbocycles. The quantitative estimate of drug-likeness (QED) is 0.858. The number of hydrogen-bond acceptors (Lipinski definition) is 3. The molecule has 6 heteroatoms. The number of benzene rings is 1. The number of amides is 3. The van der Waals surface area contributed by atoms with Gasteiger partial charge in [-0.3, -0.25) is 9.69 Å². The van der Waals surface area contributed by atoms with E-state index in [0.29, 0.717) is 25.9 Å². The minimum absolute atomic E-state index is 0.0629. The summed E-state index contributed by atoms with van der Waals surface area (Å²) in [5.41, 5.74) is 8.84. The number of anilines is 1. The van der Waals surface area contributed by atoms with E-state index in [2.05, 4.69) is 16.3 Å². The van der Waals surface area contributed by atoms with E-state index < -0.39 is 5.54 Å². The van der Waals surface area contributed by atoms with E-state index in [9.17, 15) is 9.59 Å². The molecule has 3 amide bonds. The smallest absolute Gasteiger partial charge is 0.321 e. The van der Waals surface area contributed by atoms with Crippen LogP contribution in [0.1, 0.15) is 49.7 Å². The van der Waals surface area contributed by atoms with Gasteiger partial charge in [-0.25, -0.2) is 4.79 Å². The van der Waals surface area contributed by atoms with Crippen molar-refractivity contribution in [2.45, 2.75) is 56.9 Å². The highest BCUT2D eigenvalue weighted by Gasteiger charge is 2.45. The van der Waals surface area contributed by atoms with Gasteiger partial charge in [0.15, 0.2) is 0 Å². The first-order valence-corrected chi connectivity index (χ1v) is 10.3. The largest absolute Gasteiger partial charge is 0.368 e. The molecule has 0 bridgehead atoms. The molecule has 2 heterocycles. The predicted molar refractivity (Wildman–Crippen MR) is 106 cm³/mol. The summed E-state index contributed by atoms with van der Waals surface area (Å²) in [4.78, 5) is 29.3. The number of rotatable bonds is 3. The van der Waals surface area contributed by atoms with Crippen molar-refractivity contribution in [2.24, 2.45) is 5.73 Å². The number of primary amides is 1. The number of piperidine rings is 2. The summed E-state index contributed by atoms with van der Waals surface area (Å²) in [7, 11) is 0. The first-order valence-electron chi connectivity index (χ1n) is 10.3. The van der Waals surface area contributed by atoms with E-state index in [1.54, 1.807) is 0 Å². The van der Waals surface area contributed by atoms with E-state index in [1.807, 2.05) is 17.0 Å². The Bertz CT molecular complexity index is 719. The number of likely N-dealkylation sites (tertiary alicyclic amines) is 2. The van der Waals surface area contributed by atoms with Crippen LogP contribution in [-0.2, 0) is 17.6 Å². The average Bonchev–Trinajstić information content (AvgIpc) is 3.18. The second kappa shape index (κ2) is 7.50. The van der Waals surface area contributed by atoms with E-state index in [4.69, 9.17) is 5.73 Å². The molecule has 3 N–H and O–H groups in total. The maximum absolute atomic E-state index is 12.8. The third-order valence-corrected chi connectivity index (χ3v) is 6.69. The summed E-state index contributed by atoms with van der Waals surface area (Å²) in [5, 5.41) is 3.11. The van der Waals surface area contributed by atoms with Crippen molar-refractivity contribution in [3.8, 4) is 0 Å². The second-order valence-corrected chi connectivity index (χ2v) is 8.16. The minimum atomic E-state index is -0.578. The zero-order valence-electron chi connectivity index (χ0n) is 16.0. The summed E-state index contributed by atoms with van der Waals surface area (Å²) >= 11 is 0. The lowest BCUT2D eigenvalue weighted by atomic mass is 9.83. The first-order chi connectivity index (χ1) is 13.1. The van der Waals surface area contributed by atoms with Gasteiger partial charge in [0.05, 0.1) is 0 Å². The highest BCUT2D eigenvalue weighted by Crippen LogP contribution is 2.33. The minimum Gasteiger partial charge on any atom is -0.368 e. The van der Waals surface area contributed by atoms with Crippen molar-refractivity contribution >= 4 is 17.6 Å². The van der Waals surface area contributed by atoms with Crippen molar-refractivity contribution in [1.82, 2.24) is 9.80 Å². The van der Waals surface area contributed by atoms with E-state index in [0.717, 1.165) is 50.9 Å². The molecule has 0 unspecified atom stereocenters. The monoisotopic (exact) mass is 370 g/mol. The molecular weight excluding hydrogens is 340 g/mol. The highest BCUT2D eigenvalue weighted by molar-refractivity contribution is 5.91. The van der Waals surface area contributed by atoms with Crippen LogP contribution in [0.25, 0.3) is 0 Å². The maximum Gasteiger partial charge on any atom is 0.321 e. The van der Waals surface area contributed by atoms with Gasteiger partial charge < -0.3 is 16.0 Å². The molecule has 0 aromatic heterocycles. The van der Waals surface area contributed by atoms with Crippen LogP contribution in [0.15, 0.2) is 18.2 Å². The topological polar surface area (TPSA) is 78.7 Å². The number of urea groups is 1. The maximum atomic E-state index is 12.8. The van der Waals surface area contributed by atoms with Gasteiger partial charge in [0, 0.05) is 18.8 Å². The molecule has 6 nitrogen and oxygen atoms in total. The van der Waals surface area contributed by atoms with Crippen molar-refractivity contribution < 1.29 is 9.59 Å². The molecule has 3 aliphatic rings. The van der Waals surface area contributed by atoms with Gasteiger partial charge in [-0.2, -0.15) is 0 Å².